The Labute approximate surface area is 139 Å². The smallest absolute Gasteiger partial charge is 0.303 e. The second kappa shape index (κ2) is 7.62. The molecule has 0 aliphatic carbocycles. The van der Waals surface area contributed by atoms with Gasteiger partial charge in [0.15, 0.2) is 6.10 Å². The van der Waals surface area contributed by atoms with Crippen LogP contribution in [0.15, 0.2) is 24.3 Å². The monoisotopic (exact) mass is 330 g/mol. The van der Waals surface area contributed by atoms with E-state index in [0.717, 1.165) is 18.1 Å². The van der Waals surface area contributed by atoms with Crippen LogP contribution in [0, 0.1) is 12.3 Å². The highest BCUT2D eigenvalue weighted by Crippen LogP contribution is 2.23. The molecule has 2 atom stereocenters. The topological polar surface area (TPSA) is 95.9 Å². The minimum atomic E-state index is -1.83. The Kier molecular flexibility index (Phi) is 5.55. The van der Waals surface area contributed by atoms with Gasteiger partial charge >= 0.3 is 5.97 Å². The van der Waals surface area contributed by atoms with Crippen LogP contribution < -0.4 is 5.32 Å². The summed E-state index contributed by atoms with van der Waals surface area (Å²) in [6.07, 6.45) is 1.58. The summed E-state index contributed by atoms with van der Waals surface area (Å²) in [5, 5.41) is 12.4. The van der Waals surface area contributed by atoms with Gasteiger partial charge in [0.1, 0.15) is 0 Å². The first-order chi connectivity index (χ1) is 11.4. The minimum Gasteiger partial charge on any atom is -0.449 e. The van der Waals surface area contributed by atoms with E-state index >= 15 is 0 Å². The number of hydrogen-bond acceptors (Lipinski definition) is 5. The number of rotatable bonds is 5. The van der Waals surface area contributed by atoms with Gasteiger partial charge in [-0.1, -0.05) is 30.2 Å². The summed E-state index contributed by atoms with van der Waals surface area (Å²) in [5.74, 6) is -0.0919. The molecule has 0 aromatic heterocycles. The summed E-state index contributed by atoms with van der Waals surface area (Å²) in [7, 11) is 0. The van der Waals surface area contributed by atoms with E-state index in [1.165, 1.54) is 4.90 Å². The summed E-state index contributed by atoms with van der Waals surface area (Å²) in [5.41, 5.74) is 1.94. The van der Waals surface area contributed by atoms with Crippen molar-refractivity contribution in [3.05, 3.63) is 35.4 Å². The van der Waals surface area contributed by atoms with Crippen LogP contribution in [0.1, 0.15) is 18.1 Å². The third-order valence-electron chi connectivity index (χ3n) is 3.61. The maximum absolute atomic E-state index is 12.6. The molecule has 1 aliphatic rings. The Bertz CT molecular complexity index is 669. The molecule has 7 heteroatoms. The fourth-order valence-corrected chi connectivity index (χ4v) is 2.48. The Balaban J connectivity index is 2.13. The lowest BCUT2D eigenvalue weighted by Crippen LogP contribution is -2.51. The largest absolute Gasteiger partial charge is 0.449 e. The van der Waals surface area contributed by atoms with Crippen LogP contribution in [0.3, 0.4) is 0 Å². The quantitative estimate of drug-likeness (QED) is 0.564. The van der Waals surface area contributed by atoms with Gasteiger partial charge in [0.25, 0.3) is 11.8 Å². The predicted octanol–water partition coefficient (Wildman–Crippen LogP) is -0.429. The third kappa shape index (κ3) is 3.91. The Morgan fingerprint density at radius 1 is 1.33 bits per heavy atom. The van der Waals surface area contributed by atoms with E-state index in [4.69, 9.17) is 11.2 Å². The van der Waals surface area contributed by atoms with Crippen LogP contribution in [-0.2, 0) is 32.2 Å². The number of benzene rings is 1. The van der Waals surface area contributed by atoms with Gasteiger partial charge in [-0.2, -0.15) is 0 Å². The van der Waals surface area contributed by atoms with Gasteiger partial charge in [-0.25, -0.2) is 0 Å². The molecular weight excluding hydrogens is 312 g/mol. The molecule has 2 rings (SSSR count). The van der Waals surface area contributed by atoms with Gasteiger partial charge in [-0.3, -0.25) is 14.4 Å². The van der Waals surface area contributed by atoms with Crippen molar-refractivity contribution in [3.63, 3.8) is 0 Å². The highest BCUT2D eigenvalue weighted by molar-refractivity contribution is 5.92. The summed E-state index contributed by atoms with van der Waals surface area (Å²) in [6.45, 7) is 1.65. The van der Waals surface area contributed by atoms with Crippen molar-refractivity contribution >= 4 is 17.8 Å². The van der Waals surface area contributed by atoms with Crippen LogP contribution in [-0.4, -0.2) is 46.5 Å². The van der Waals surface area contributed by atoms with Crippen molar-refractivity contribution in [1.82, 2.24) is 10.2 Å². The lowest BCUT2D eigenvalue weighted by Gasteiger charge is -2.25. The van der Waals surface area contributed by atoms with E-state index in [-0.39, 0.29) is 6.54 Å². The molecule has 2 N–H and O–H groups in total. The van der Waals surface area contributed by atoms with Gasteiger partial charge in [-0.15, -0.1) is 6.42 Å². The molecule has 7 nitrogen and oxygen atoms in total. The fraction of sp³-hybridized carbons (Fsp3) is 0.353. The number of aliphatic hydroxyl groups is 1. The first-order valence-electron chi connectivity index (χ1n) is 7.36. The Hall–Kier alpha value is -2.85. The number of aliphatic hydroxyl groups excluding tert-OH is 1. The average Bonchev–Trinajstić information content (AvgIpc) is 3.00. The zero-order valence-electron chi connectivity index (χ0n) is 13.2. The minimum absolute atomic E-state index is 0.105. The first kappa shape index (κ1) is 17.5. The second-order valence-electron chi connectivity index (χ2n) is 5.36. The van der Waals surface area contributed by atoms with Gasteiger partial charge in [0.05, 0.1) is 6.54 Å². The molecule has 126 valence electrons. The van der Waals surface area contributed by atoms with Crippen molar-refractivity contribution in [3.8, 4) is 12.3 Å². The summed E-state index contributed by atoms with van der Waals surface area (Å²) in [4.78, 5) is 37.2. The summed E-state index contributed by atoms with van der Waals surface area (Å²) < 4.78 is 4.89. The van der Waals surface area contributed by atoms with Crippen molar-refractivity contribution in [2.45, 2.75) is 32.2 Å². The molecule has 1 aromatic carbocycles. The molecular formula is C17H18N2O5. The van der Waals surface area contributed by atoms with E-state index in [2.05, 4.69) is 11.2 Å². The molecule has 0 radical (unpaired) electrons. The number of fused-ring (bicyclic) bond motifs is 1. The van der Waals surface area contributed by atoms with Crippen LogP contribution in [0.2, 0.25) is 0 Å². The van der Waals surface area contributed by atoms with Crippen molar-refractivity contribution in [2.75, 3.05) is 6.54 Å². The highest BCUT2D eigenvalue weighted by atomic mass is 16.6. The average molecular weight is 330 g/mol. The molecule has 1 heterocycles. The molecule has 0 unspecified atom stereocenters. The van der Waals surface area contributed by atoms with E-state index < -0.39 is 30.0 Å². The van der Waals surface area contributed by atoms with E-state index in [1.807, 2.05) is 24.3 Å². The molecule has 1 aliphatic heterocycles. The first-order valence-corrected chi connectivity index (χ1v) is 7.36. The van der Waals surface area contributed by atoms with E-state index in [1.54, 1.807) is 0 Å². The molecule has 1 aromatic rings. The zero-order chi connectivity index (χ0) is 17.7. The van der Waals surface area contributed by atoms with Crippen LogP contribution in [0.25, 0.3) is 0 Å². The lowest BCUT2D eigenvalue weighted by molar-refractivity contribution is -0.169. The molecule has 2 amide bonds. The van der Waals surface area contributed by atoms with Gasteiger partial charge < -0.3 is 20.1 Å². The third-order valence-corrected chi connectivity index (χ3v) is 3.61. The number of nitrogens with one attached hydrogen (secondary N) is 1. The lowest BCUT2D eigenvalue weighted by atomic mass is 10.1. The van der Waals surface area contributed by atoms with E-state index in [0.29, 0.717) is 13.1 Å². The second-order valence-corrected chi connectivity index (χ2v) is 5.36. The van der Waals surface area contributed by atoms with Crippen LogP contribution in [0.4, 0.5) is 0 Å². The number of carbonyl (C=O) groups is 3. The molecule has 0 fully saturated rings. The summed E-state index contributed by atoms with van der Waals surface area (Å²) >= 11 is 0. The fourth-order valence-electron chi connectivity index (χ4n) is 2.48. The van der Waals surface area contributed by atoms with Crippen LogP contribution in [0.5, 0.6) is 0 Å². The SMILES string of the molecule is C#CCNC(=O)[C@H](O)[C@@H](OC(C)=O)C(=O)N1Cc2ccccc2C1. The van der Waals surface area contributed by atoms with Gasteiger partial charge in [0, 0.05) is 20.0 Å². The highest BCUT2D eigenvalue weighted by Gasteiger charge is 2.39. The summed E-state index contributed by atoms with van der Waals surface area (Å²) in [6, 6.07) is 7.50. The number of amides is 2. The molecule has 0 bridgehead atoms. The van der Waals surface area contributed by atoms with Crippen molar-refractivity contribution < 1.29 is 24.2 Å². The number of ether oxygens (including phenoxy) is 1. The number of nitrogens with zero attached hydrogens (tertiary/aromatic N) is 1. The number of esters is 1. The molecule has 24 heavy (non-hydrogen) atoms. The Morgan fingerprint density at radius 3 is 2.42 bits per heavy atom. The van der Waals surface area contributed by atoms with Crippen molar-refractivity contribution in [1.29, 1.82) is 0 Å². The van der Waals surface area contributed by atoms with Crippen LogP contribution >= 0.6 is 0 Å². The van der Waals surface area contributed by atoms with Gasteiger partial charge in [-0.05, 0) is 11.1 Å². The standard InChI is InChI=1S/C17H18N2O5/c1-3-8-18-16(22)14(21)15(24-11(2)20)17(23)19-9-12-6-4-5-7-13(12)10-19/h1,4-7,14-15,21H,8-10H2,2H3,(H,18,22)/t14-,15-/m1/s1. The molecule has 0 saturated carbocycles. The number of hydrogen-bond donors (Lipinski definition) is 2. The Morgan fingerprint density at radius 2 is 1.92 bits per heavy atom. The molecule has 0 spiro atoms. The maximum Gasteiger partial charge on any atom is 0.303 e. The number of terminal acetylenes is 1. The van der Waals surface area contributed by atoms with Crippen molar-refractivity contribution in [2.24, 2.45) is 0 Å². The predicted molar refractivity (Wildman–Crippen MR) is 84.1 cm³/mol. The van der Waals surface area contributed by atoms with E-state index in [9.17, 15) is 19.5 Å². The maximum atomic E-state index is 12.6. The normalized spacial score (nSPS) is 15.0. The zero-order valence-corrected chi connectivity index (χ0v) is 13.2. The van der Waals surface area contributed by atoms with Gasteiger partial charge in [0.2, 0.25) is 6.10 Å². The number of carbonyl (C=O) groups excluding carboxylic acids is 3. The molecule has 0 saturated heterocycles.